The van der Waals surface area contributed by atoms with Crippen LogP contribution < -0.4 is 9.62 Å². The Labute approximate surface area is 168 Å². The third kappa shape index (κ3) is 4.93. The highest BCUT2D eigenvalue weighted by Crippen LogP contribution is 2.26. The maximum Gasteiger partial charge on any atom is 0.246 e. The summed E-state index contributed by atoms with van der Waals surface area (Å²) >= 11 is 1.23. The maximum absolute atomic E-state index is 12.5. The lowest BCUT2D eigenvalue weighted by Gasteiger charge is -2.22. The van der Waals surface area contributed by atoms with Crippen molar-refractivity contribution in [3.8, 4) is 10.6 Å². The normalized spacial score (nSPS) is 11.2. The second-order valence-corrected chi connectivity index (χ2v) is 9.33. The predicted molar refractivity (Wildman–Crippen MR) is 112 cm³/mol. The van der Waals surface area contributed by atoms with E-state index in [0.717, 1.165) is 27.3 Å². The molecule has 0 atom stereocenters. The number of hydrogen-bond donors (Lipinski definition) is 1. The summed E-state index contributed by atoms with van der Waals surface area (Å²) in [4.78, 5) is 12.5. The lowest BCUT2D eigenvalue weighted by Crippen LogP contribution is -2.37. The van der Waals surface area contributed by atoms with Crippen LogP contribution in [0.25, 0.3) is 10.6 Å². The summed E-state index contributed by atoms with van der Waals surface area (Å²) in [6.45, 7) is 3.41. The van der Waals surface area contributed by atoms with Crippen molar-refractivity contribution < 1.29 is 13.2 Å². The summed E-state index contributed by atoms with van der Waals surface area (Å²) in [6, 6.07) is 14.9. The zero-order valence-corrected chi connectivity index (χ0v) is 17.3. The summed E-state index contributed by atoms with van der Waals surface area (Å²) in [7, 11) is -3.64. The maximum atomic E-state index is 12.5. The van der Waals surface area contributed by atoms with Crippen molar-refractivity contribution in [3.05, 3.63) is 59.7 Å². The Balaban J connectivity index is 1.77. The first kappa shape index (κ1) is 20.0. The van der Waals surface area contributed by atoms with Crippen molar-refractivity contribution in [2.75, 3.05) is 22.4 Å². The summed E-state index contributed by atoms with van der Waals surface area (Å²) in [5.74, 6) is -0.486. The molecule has 0 aliphatic heterocycles. The van der Waals surface area contributed by atoms with Gasteiger partial charge in [0.05, 0.1) is 11.9 Å². The van der Waals surface area contributed by atoms with E-state index in [2.05, 4.69) is 15.5 Å². The molecule has 146 valence electrons. The quantitative estimate of drug-likeness (QED) is 0.666. The zero-order valence-electron chi connectivity index (χ0n) is 15.7. The van der Waals surface area contributed by atoms with Crippen LogP contribution >= 0.6 is 11.3 Å². The van der Waals surface area contributed by atoms with Gasteiger partial charge in [-0.2, -0.15) is 0 Å². The third-order valence-electron chi connectivity index (χ3n) is 3.87. The number of benzene rings is 2. The van der Waals surface area contributed by atoms with Crippen LogP contribution in [0, 0.1) is 13.8 Å². The Hall–Kier alpha value is -2.78. The first-order valence-electron chi connectivity index (χ1n) is 8.47. The Bertz CT molecular complexity index is 1080. The van der Waals surface area contributed by atoms with Crippen molar-refractivity contribution in [2.45, 2.75) is 13.8 Å². The lowest BCUT2D eigenvalue weighted by atomic mass is 10.1. The van der Waals surface area contributed by atoms with Crippen LogP contribution in [0.2, 0.25) is 0 Å². The van der Waals surface area contributed by atoms with E-state index in [1.165, 1.54) is 11.3 Å². The molecule has 1 aromatic heterocycles. The molecule has 0 spiro atoms. The SMILES string of the molecule is Cc1cc(C)cc(N(CC(=O)Nc2nnc(-c3ccccc3)s2)S(C)(=O)=O)c1. The van der Waals surface area contributed by atoms with Crippen LogP contribution in [-0.4, -0.2) is 37.3 Å². The first-order chi connectivity index (χ1) is 13.2. The van der Waals surface area contributed by atoms with E-state index in [1.54, 1.807) is 12.1 Å². The summed E-state index contributed by atoms with van der Waals surface area (Å²) < 4.78 is 25.6. The van der Waals surface area contributed by atoms with Gasteiger partial charge in [0.1, 0.15) is 11.6 Å². The third-order valence-corrected chi connectivity index (χ3v) is 5.90. The minimum atomic E-state index is -3.64. The number of anilines is 2. The van der Waals surface area contributed by atoms with E-state index in [0.29, 0.717) is 15.8 Å². The number of rotatable bonds is 6. The molecule has 3 rings (SSSR count). The molecule has 0 fully saturated rings. The van der Waals surface area contributed by atoms with Crippen LogP contribution in [0.1, 0.15) is 11.1 Å². The summed E-state index contributed by atoms with van der Waals surface area (Å²) in [5, 5.41) is 11.7. The Morgan fingerprint density at radius 1 is 1.07 bits per heavy atom. The average Bonchev–Trinajstić information content (AvgIpc) is 3.07. The molecule has 0 saturated carbocycles. The molecule has 0 bridgehead atoms. The number of aryl methyl sites for hydroxylation is 2. The highest BCUT2D eigenvalue weighted by molar-refractivity contribution is 7.92. The first-order valence-corrected chi connectivity index (χ1v) is 11.1. The highest BCUT2D eigenvalue weighted by atomic mass is 32.2. The molecule has 0 unspecified atom stereocenters. The van der Waals surface area contributed by atoms with Crippen molar-refractivity contribution in [1.29, 1.82) is 0 Å². The second-order valence-electron chi connectivity index (χ2n) is 6.44. The molecule has 0 aliphatic carbocycles. The number of carbonyl (C=O) groups excluding carboxylic acids is 1. The topological polar surface area (TPSA) is 92.3 Å². The number of amides is 1. The number of nitrogens with zero attached hydrogens (tertiary/aromatic N) is 3. The van der Waals surface area contributed by atoms with Crippen molar-refractivity contribution in [2.24, 2.45) is 0 Å². The smallest absolute Gasteiger partial charge is 0.246 e. The van der Waals surface area contributed by atoms with Gasteiger partial charge in [0.15, 0.2) is 0 Å². The van der Waals surface area contributed by atoms with E-state index in [4.69, 9.17) is 0 Å². The molecule has 9 heteroatoms. The van der Waals surface area contributed by atoms with Crippen LogP contribution in [-0.2, 0) is 14.8 Å². The molecule has 2 aromatic carbocycles. The fourth-order valence-corrected chi connectivity index (χ4v) is 4.36. The molecule has 28 heavy (non-hydrogen) atoms. The van der Waals surface area contributed by atoms with Gasteiger partial charge in [-0.1, -0.05) is 47.7 Å². The molecule has 1 N–H and O–H groups in total. The van der Waals surface area contributed by atoms with Gasteiger partial charge in [-0.25, -0.2) is 8.42 Å². The molecule has 7 nitrogen and oxygen atoms in total. The van der Waals surface area contributed by atoms with E-state index < -0.39 is 15.9 Å². The summed E-state index contributed by atoms with van der Waals surface area (Å²) in [5.41, 5.74) is 3.19. The second kappa shape index (κ2) is 8.07. The zero-order chi connectivity index (χ0) is 20.3. The molecular weight excluding hydrogens is 396 g/mol. The van der Waals surface area contributed by atoms with Crippen LogP contribution in [0.3, 0.4) is 0 Å². The van der Waals surface area contributed by atoms with Crippen LogP contribution in [0.5, 0.6) is 0 Å². The van der Waals surface area contributed by atoms with E-state index in [-0.39, 0.29) is 6.54 Å². The van der Waals surface area contributed by atoms with Gasteiger partial charge in [-0.15, -0.1) is 10.2 Å². The molecular formula is C19H20N4O3S2. The van der Waals surface area contributed by atoms with Gasteiger partial charge in [-0.3, -0.25) is 14.4 Å². The lowest BCUT2D eigenvalue weighted by molar-refractivity contribution is -0.114. The average molecular weight is 417 g/mol. The standard InChI is InChI=1S/C19H20N4O3S2/c1-13-9-14(2)11-16(10-13)23(28(3,25)26)12-17(24)20-19-22-21-18(27-19)15-7-5-4-6-8-15/h4-11H,12H2,1-3H3,(H,20,22,24). The van der Waals surface area contributed by atoms with Crippen molar-refractivity contribution in [3.63, 3.8) is 0 Å². The van der Waals surface area contributed by atoms with Crippen LogP contribution in [0.4, 0.5) is 10.8 Å². The summed E-state index contributed by atoms with van der Waals surface area (Å²) in [6.07, 6.45) is 1.08. The van der Waals surface area contributed by atoms with Crippen molar-refractivity contribution >= 4 is 38.1 Å². The number of nitrogens with one attached hydrogen (secondary N) is 1. The number of carbonyl (C=O) groups is 1. The van der Waals surface area contributed by atoms with Crippen LogP contribution in [0.15, 0.2) is 48.5 Å². The van der Waals surface area contributed by atoms with Gasteiger partial charge in [0, 0.05) is 5.56 Å². The Morgan fingerprint density at radius 2 is 1.71 bits per heavy atom. The fourth-order valence-electron chi connectivity index (χ4n) is 2.76. The molecule has 0 saturated heterocycles. The highest BCUT2D eigenvalue weighted by Gasteiger charge is 2.22. The fraction of sp³-hybridized carbons (Fsp3) is 0.211. The van der Waals surface area contributed by atoms with Gasteiger partial charge in [-0.05, 0) is 37.1 Å². The Kier molecular flexibility index (Phi) is 5.76. The van der Waals surface area contributed by atoms with E-state index in [1.807, 2.05) is 50.2 Å². The number of hydrogen-bond acceptors (Lipinski definition) is 6. The van der Waals surface area contributed by atoms with Gasteiger partial charge in [0.2, 0.25) is 21.1 Å². The number of sulfonamides is 1. The molecule has 3 aromatic rings. The van der Waals surface area contributed by atoms with E-state index >= 15 is 0 Å². The van der Waals surface area contributed by atoms with Gasteiger partial charge >= 0.3 is 0 Å². The minimum Gasteiger partial charge on any atom is -0.299 e. The molecule has 0 radical (unpaired) electrons. The molecule has 0 aliphatic rings. The predicted octanol–water partition coefficient (Wildman–Crippen LogP) is 3.23. The molecule has 1 amide bonds. The minimum absolute atomic E-state index is 0.317. The number of aromatic nitrogens is 2. The monoisotopic (exact) mass is 416 g/mol. The van der Waals surface area contributed by atoms with Gasteiger partial charge < -0.3 is 0 Å². The molecule has 1 heterocycles. The van der Waals surface area contributed by atoms with Crippen molar-refractivity contribution in [1.82, 2.24) is 10.2 Å². The Morgan fingerprint density at radius 3 is 2.32 bits per heavy atom. The van der Waals surface area contributed by atoms with Gasteiger partial charge in [0.25, 0.3) is 0 Å². The largest absolute Gasteiger partial charge is 0.299 e. The van der Waals surface area contributed by atoms with E-state index in [9.17, 15) is 13.2 Å².